The normalized spacial score (nSPS) is 13.3. The number of amides is 2. The fraction of sp³-hybridized carbons (Fsp3) is 0.448. The molecule has 2 amide bonds. The van der Waals surface area contributed by atoms with E-state index in [-0.39, 0.29) is 68.7 Å². The highest BCUT2D eigenvalue weighted by Gasteiger charge is 2.29. The standard InChI is InChI=1S/C22H18I6N2O9.C7H17NO5/c23-9-5-11(25)17(27)19(15(9)21(33)34)29-13(31)7-38-3-1-37-2-4-39-8-14(32)30-20-16(22(35)36)10(24)6-12(26)18(20)28;1-8-2-4(10)6(12)7(13)5(11)3-9/h5-6H,1-4,7-8H2,(H,29,31)(H,30,32)(H,33,34)(H,35,36);4-13H,2-3H2,1H3/t;4-,5+,6+,7+/m.0/s1. The molecule has 4 atom stereocenters. The third-order valence-electron chi connectivity index (χ3n) is 6.25. The first-order valence-corrected chi connectivity index (χ1v) is 21.0. The van der Waals surface area contributed by atoms with E-state index in [0.717, 1.165) is 7.14 Å². The lowest BCUT2D eigenvalue weighted by Gasteiger charge is -2.25. The van der Waals surface area contributed by atoms with Crippen molar-refractivity contribution in [3.63, 3.8) is 0 Å². The molecule has 10 N–H and O–H groups in total. The SMILES string of the molecule is CNC[C@H](O)[C@@H](O)[C@H](O)[C@H](O)CO.O=C(COCCOCCOCC(=O)Nc1c(I)c(I)cc(I)c1C(=O)O)Nc1c(I)c(I)cc(I)c1C(=O)O. The maximum absolute atomic E-state index is 12.3. The minimum atomic E-state index is -1.55. The highest BCUT2D eigenvalue weighted by atomic mass is 127. The van der Waals surface area contributed by atoms with Crippen molar-refractivity contribution in [1.29, 1.82) is 0 Å². The van der Waals surface area contributed by atoms with Crippen molar-refractivity contribution in [3.05, 3.63) is 44.7 Å². The Morgan fingerprint density at radius 1 is 0.635 bits per heavy atom. The largest absolute Gasteiger partial charge is 0.478 e. The number of carbonyl (C=O) groups excluding carboxylic acids is 2. The molecule has 292 valence electrons. The number of halogens is 6. The smallest absolute Gasteiger partial charge is 0.338 e. The second kappa shape index (κ2) is 26.3. The average molecular weight is 1410 g/mol. The van der Waals surface area contributed by atoms with Gasteiger partial charge in [0.1, 0.15) is 31.5 Å². The summed E-state index contributed by atoms with van der Waals surface area (Å²) in [6.45, 7) is -0.575. The quantitative estimate of drug-likeness (QED) is 0.0516. The summed E-state index contributed by atoms with van der Waals surface area (Å²) in [5.41, 5.74) is 0.513. The van der Waals surface area contributed by atoms with Crippen molar-refractivity contribution in [1.82, 2.24) is 5.32 Å². The molecule has 0 radical (unpaired) electrons. The number of carboxylic acid groups (broad SMARTS) is 2. The predicted molar refractivity (Wildman–Crippen MR) is 238 cm³/mol. The molecule has 52 heavy (non-hydrogen) atoms. The van der Waals surface area contributed by atoms with E-state index in [1.54, 1.807) is 19.2 Å². The number of ether oxygens (including phenoxy) is 3. The van der Waals surface area contributed by atoms with Crippen LogP contribution in [0.25, 0.3) is 0 Å². The summed E-state index contributed by atoms with van der Waals surface area (Å²) < 4.78 is 19.9. The van der Waals surface area contributed by atoms with Gasteiger partial charge in [-0.05, 0) is 155 Å². The number of benzene rings is 2. The van der Waals surface area contributed by atoms with Crippen LogP contribution in [0.3, 0.4) is 0 Å². The molecule has 0 saturated heterocycles. The fourth-order valence-electron chi connectivity index (χ4n) is 3.76. The van der Waals surface area contributed by atoms with Gasteiger partial charge in [0.15, 0.2) is 0 Å². The summed E-state index contributed by atoms with van der Waals surface area (Å²) in [6, 6.07) is 3.46. The molecule has 0 unspecified atom stereocenters. The van der Waals surface area contributed by atoms with Gasteiger partial charge >= 0.3 is 11.9 Å². The van der Waals surface area contributed by atoms with Gasteiger partial charge in [0.25, 0.3) is 0 Å². The maximum Gasteiger partial charge on any atom is 0.338 e. The molecule has 2 aromatic rings. The number of aliphatic hydroxyl groups is 5. The molecule has 0 aliphatic carbocycles. The Bertz CT molecular complexity index is 1440. The minimum Gasteiger partial charge on any atom is -0.478 e. The molecule has 0 fully saturated rings. The second-order valence-corrected chi connectivity index (χ2v) is 16.9. The number of aliphatic hydroxyl groups excluding tert-OH is 5. The molecular weight excluding hydrogens is 1380 g/mol. The molecule has 0 aliphatic heterocycles. The average Bonchev–Trinajstić information content (AvgIpc) is 3.07. The van der Waals surface area contributed by atoms with Crippen molar-refractivity contribution in [3.8, 4) is 0 Å². The van der Waals surface area contributed by atoms with Crippen LogP contribution in [0.4, 0.5) is 11.4 Å². The molecule has 0 saturated carbocycles. The Morgan fingerprint density at radius 3 is 1.35 bits per heavy atom. The lowest BCUT2D eigenvalue weighted by Crippen LogP contribution is -2.48. The fourth-order valence-corrected chi connectivity index (χ4v) is 8.85. The maximum atomic E-state index is 12.3. The zero-order valence-electron chi connectivity index (χ0n) is 26.9. The van der Waals surface area contributed by atoms with E-state index >= 15 is 0 Å². The van der Waals surface area contributed by atoms with Gasteiger partial charge in [-0.2, -0.15) is 0 Å². The lowest BCUT2D eigenvalue weighted by molar-refractivity contribution is -0.121. The van der Waals surface area contributed by atoms with E-state index in [2.05, 4.69) is 61.1 Å². The second-order valence-electron chi connectivity index (χ2n) is 10.1. The van der Waals surface area contributed by atoms with Gasteiger partial charge in [0, 0.05) is 20.8 Å². The predicted octanol–water partition coefficient (Wildman–Crippen LogP) is 1.98. The Morgan fingerprint density at radius 2 is 1.00 bits per heavy atom. The van der Waals surface area contributed by atoms with E-state index in [9.17, 15) is 34.5 Å². The summed E-state index contributed by atoms with van der Waals surface area (Å²) in [7, 11) is 1.57. The van der Waals surface area contributed by atoms with Gasteiger partial charge in [-0.15, -0.1) is 0 Å². The van der Waals surface area contributed by atoms with Crippen LogP contribution in [-0.2, 0) is 23.8 Å². The molecule has 23 heteroatoms. The van der Waals surface area contributed by atoms with Gasteiger partial charge < -0.3 is 65.9 Å². The van der Waals surface area contributed by atoms with Crippen LogP contribution in [-0.4, -0.2) is 144 Å². The molecular formula is C29H35I6N3O14. The third kappa shape index (κ3) is 16.8. The number of carboxylic acids is 2. The monoisotopic (exact) mass is 1410 g/mol. The van der Waals surface area contributed by atoms with Crippen molar-refractivity contribution in [2.75, 3.05) is 70.5 Å². The summed E-state index contributed by atoms with van der Waals surface area (Å²) in [4.78, 5) is 47.8. The number of nitrogens with one attached hydrogen (secondary N) is 3. The molecule has 0 heterocycles. The van der Waals surface area contributed by atoms with Crippen molar-refractivity contribution < 1.29 is 69.1 Å². The van der Waals surface area contributed by atoms with E-state index in [0.29, 0.717) is 14.3 Å². The van der Waals surface area contributed by atoms with Crippen molar-refractivity contribution in [2.45, 2.75) is 24.4 Å². The topological polar surface area (TPSA) is 274 Å². The van der Waals surface area contributed by atoms with E-state index < -0.39 is 54.8 Å². The lowest BCUT2D eigenvalue weighted by atomic mass is 10.0. The van der Waals surface area contributed by atoms with E-state index in [1.807, 2.05) is 90.4 Å². The van der Waals surface area contributed by atoms with Crippen molar-refractivity contribution >= 4 is 171 Å². The zero-order chi connectivity index (χ0) is 39.7. The molecule has 0 spiro atoms. The van der Waals surface area contributed by atoms with Gasteiger partial charge in [-0.3, -0.25) is 9.59 Å². The van der Waals surface area contributed by atoms with Crippen LogP contribution in [0, 0.1) is 21.4 Å². The molecule has 0 bridgehead atoms. The summed E-state index contributed by atoms with van der Waals surface area (Å²) >= 11 is 11.9. The van der Waals surface area contributed by atoms with E-state index in [4.69, 9.17) is 34.6 Å². The van der Waals surface area contributed by atoms with Gasteiger partial charge in [0.05, 0.1) is 68.8 Å². The van der Waals surface area contributed by atoms with E-state index in [1.165, 1.54) is 0 Å². The number of likely N-dealkylation sites (N-methyl/N-ethyl adjacent to an activating group) is 1. The highest BCUT2D eigenvalue weighted by molar-refractivity contribution is 14.1. The third-order valence-corrected chi connectivity index (χ3v) is 14.0. The summed E-state index contributed by atoms with van der Waals surface area (Å²) in [5.74, 6) is -3.26. The molecule has 17 nitrogen and oxygen atoms in total. The van der Waals surface area contributed by atoms with Crippen LogP contribution < -0.4 is 16.0 Å². The number of carbonyl (C=O) groups is 4. The first-order chi connectivity index (χ1) is 24.4. The zero-order valence-corrected chi connectivity index (χ0v) is 39.8. The Balaban J connectivity index is 0.000000880. The summed E-state index contributed by atoms with van der Waals surface area (Å²) in [6.07, 6.45) is -5.65. The minimum absolute atomic E-state index is 0.0242. The van der Waals surface area contributed by atoms with Crippen LogP contribution in [0.15, 0.2) is 12.1 Å². The van der Waals surface area contributed by atoms with Crippen LogP contribution in [0.1, 0.15) is 20.7 Å². The number of hydrogen-bond acceptors (Lipinski definition) is 13. The number of anilines is 2. The summed E-state index contributed by atoms with van der Waals surface area (Å²) in [5, 5.41) is 71.7. The Labute approximate surface area is 379 Å². The first-order valence-electron chi connectivity index (χ1n) is 14.5. The molecule has 0 aromatic heterocycles. The van der Waals surface area contributed by atoms with Crippen LogP contribution in [0.2, 0.25) is 0 Å². The number of rotatable bonds is 20. The first kappa shape index (κ1) is 50.4. The van der Waals surface area contributed by atoms with Gasteiger partial charge in [-0.1, -0.05) is 0 Å². The van der Waals surface area contributed by atoms with Crippen molar-refractivity contribution in [2.24, 2.45) is 0 Å². The Hall–Kier alpha value is 0.340. The van der Waals surface area contributed by atoms with Gasteiger partial charge in [-0.25, -0.2) is 9.59 Å². The van der Waals surface area contributed by atoms with Gasteiger partial charge in [0.2, 0.25) is 11.8 Å². The highest BCUT2D eigenvalue weighted by Crippen LogP contribution is 2.33. The van der Waals surface area contributed by atoms with Crippen LogP contribution in [0.5, 0.6) is 0 Å². The number of aromatic carboxylic acids is 2. The number of hydrogen-bond donors (Lipinski definition) is 10. The molecule has 2 aromatic carbocycles. The molecule has 0 aliphatic rings. The molecule has 2 rings (SSSR count). The van der Waals surface area contributed by atoms with Crippen LogP contribution >= 0.6 is 136 Å². The Kier molecular flexibility index (Phi) is 25.5.